The number of benzene rings is 1. The summed E-state index contributed by atoms with van der Waals surface area (Å²) in [5.41, 5.74) is 2.59. The van der Waals surface area contributed by atoms with E-state index in [0.29, 0.717) is 6.61 Å². The Balaban J connectivity index is 1.95. The van der Waals surface area contributed by atoms with E-state index in [1.54, 1.807) is 6.92 Å². The van der Waals surface area contributed by atoms with E-state index in [-0.39, 0.29) is 12.4 Å². The van der Waals surface area contributed by atoms with E-state index in [0.717, 1.165) is 33.0 Å². The third kappa shape index (κ3) is 2.69. The first-order chi connectivity index (χ1) is 10.2. The Morgan fingerprint density at radius 3 is 3.00 bits per heavy atom. The van der Waals surface area contributed by atoms with E-state index in [4.69, 9.17) is 9.15 Å². The van der Waals surface area contributed by atoms with Gasteiger partial charge in [-0.3, -0.25) is 4.79 Å². The first-order valence-electron chi connectivity index (χ1n) is 6.77. The number of ether oxygens (including phenoxy) is 1. The van der Waals surface area contributed by atoms with E-state index >= 15 is 0 Å². The largest absolute Gasteiger partial charge is 0.466 e. The number of fused-ring (bicyclic) bond motifs is 1. The number of aromatic nitrogens is 1. The van der Waals surface area contributed by atoms with Gasteiger partial charge in [0.25, 0.3) is 0 Å². The summed E-state index contributed by atoms with van der Waals surface area (Å²) in [6, 6.07) is 7.89. The number of rotatable bonds is 4. The molecule has 0 aliphatic rings. The lowest BCUT2D eigenvalue weighted by Crippen LogP contribution is -2.07. The van der Waals surface area contributed by atoms with Crippen LogP contribution < -0.4 is 0 Å². The van der Waals surface area contributed by atoms with Crippen molar-refractivity contribution in [2.45, 2.75) is 20.3 Å². The first-order valence-corrected chi connectivity index (χ1v) is 7.65. The van der Waals surface area contributed by atoms with Crippen LogP contribution in [-0.4, -0.2) is 17.6 Å². The fourth-order valence-electron chi connectivity index (χ4n) is 2.30. The van der Waals surface area contributed by atoms with Crippen LogP contribution in [0.25, 0.3) is 21.5 Å². The van der Waals surface area contributed by atoms with Gasteiger partial charge in [0.1, 0.15) is 16.4 Å². The fraction of sp³-hybridized carbons (Fsp3) is 0.250. The van der Waals surface area contributed by atoms with Crippen LogP contribution >= 0.6 is 11.3 Å². The molecule has 5 heteroatoms. The third-order valence-corrected chi connectivity index (χ3v) is 4.08. The SMILES string of the molecule is CCOC(=O)Cc1csc(-c2c(C)oc3ccccc23)n1. The number of para-hydroxylation sites is 1. The van der Waals surface area contributed by atoms with Crippen molar-refractivity contribution in [3.63, 3.8) is 0 Å². The van der Waals surface area contributed by atoms with Gasteiger partial charge in [0.05, 0.1) is 24.3 Å². The number of nitrogens with zero attached hydrogens (tertiary/aromatic N) is 1. The van der Waals surface area contributed by atoms with Crippen LogP contribution in [0.1, 0.15) is 18.4 Å². The number of hydrogen-bond acceptors (Lipinski definition) is 5. The molecule has 21 heavy (non-hydrogen) atoms. The van der Waals surface area contributed by atoms with Crippen molar-refractivity contribution >= 4 is 28.3 Å². The van der Waals surface area contributed by atoms with E-state index in [1.807, 2.05) is 36.6 Å². The van der Waals surface area contributed by atoms with Gasteiger partial charge >= 0.3 is 5.97 Å². The Kier molecular flexibility index (Phi) is 3.75. The predicted molar refractivity (Wildman–Crippen MR) is 82.4 cm³/mol. The molecule has 3 aromatic rings. The summed E-state index contributed by atoms with van der Waals surface area (Å²) in [6.07, 6.45) is 0.208. The van der Waals surface area contributed by atoms with Crippen molar-refractivity contribution in [3.05, 3.63) is 41.1 Å². The lowest BCUT2D eigenvalue weighted by molar-refractivity contribution is -0.142. The molecular weight excluding hydrogens is 286 g/mol. The summed E-state index contributed by atoms with van der Waals surface area (Å²) in [6.45, 7) is 4.12. The van der Waals surface area contributed by atoms with Gasteiger partial charge in [-0.2, -0.15) is 0 Å². The minimum Gasteiger partial charge on any atom is -0.466 e. The van der Waals surface area contributed by atoms with Crippen molar-refractivity contribution in [3.8, 4) is 10.6 Å². The Morgan fingerprint density at radius 2 is 2.19 bits per heavy atom. The minimum absolute atomic E-state index is 0.208. The summed E-state index contributed by atoms with van der Waals surface area (Å²) >= 11 is 1.52. The van der Waals surface area contributed by atoms with Gasteiger partial charge in [0.2, 0.25) is 0 Å². The van der Waals surface area contributed by atoms with Gasteiger partial charge < -0.3 is 9.15 Å². The smallest absolute Gasteiger partial charge is 0.311 e. The van der Waals surface area contributed by atoms with Crippen molar-refractivity contribution < 1.29 is 13.9 Å². The van der Waals surface area contributed by atoms with Crippen molar-refractivity contribution in [1.82, 2.24) is 4.98 Å². The molecule has 3 rings (SSSR count). The van der Waals surface area contributed by atoms with Gasteiger partial charge in [-0.15, -0.1) is 11.3 Å². The van der Waals surface area contributed by atoms with Crippen LogP contribution in [0, 0.1) is 6.92 Å². The summed E-state index contributed by atoms with van der Waals surface area (Å²) < 4.78 is 10.7. The molecule has 0 aliphatic heterocycles. The van der Waals surface area contributed by atoms with Gasteiger partial charge in [0, 0.05) is 10.8 Å². The van der Waals surface area contributed by atoms with Crippen LogP contribution in [0.4, 0.5) is 0 Å². The molecule has 0 radical (unpaired) electrons. The normalized spacial score (nSPS) is 11.0. The molecule has 0 amide bonds. The maximum atomic E-state index is 11.5. The predicted octanol–water partition coefficient (Wildman–Crippen LogP) is 3.97. The van der Waals surface area contributed by atoms with E-state index in [9.17, 15) is 4.79 Å². The molecule has 0 bridgehead atoms. The highest BCUT2D eigenvalue weighted by Gasteiger charge is 2.16. The molecule has 2 aromatic heterocycles. The van der Waals surface area contributed by atoms with Crippen molar-refractivity contribution in [2.24, 2.45) is 0 Å². The summed E-state index contributed by atoms with van der Waals surface area (Å²) in [4.78, 5) is 16.1. The second-order valence-electron chi connectivity index (χ2n) is 4.66. The van der Waals surface area contributed by atoms with Gasteiger partial charge in [-0.1, -0.05) is 18.2 Å². The molecule has 0 aliphatic carbocycles. The fourth-order valence-corrected chi connectivity index (χ4v) is 3.22. The molecule has 1 aromatic carbocycles. The average molecular weight is 301 g/mol. The molecular formula is C16H15NO3S. The zero-order chi connectivity index (χ0) is 14.8. The quantitative estimate of drug-likeness (QED) is 0.684. The molecule has 4 nitrogen and oxygen atoms in total. The second-order valence-corrected chi connectivity index (χ2v) is 5.51. The summed E-state index contributed by atoms with van der Waals surface area (Å²) in [5.74, 6) is 0.594. The molecule has 0 fully saturated rings. The Morgan fingerprint density at radius 1 is 1.38 bits per heavy atom. The monoisotopic (exact) mass is 301 g/mol. The molecule has 108 valence electrons. The average Bonchev–Trinajstić information content (AvgIpc) is 3.01. The molecule has 0 saturated heterocycles. The standard InChI is InChI=1S/C16H15NO3S/c1-3-19-14(18)8-11-9-21-16(17-11)15-10(2)20-13-7-5-4-6-12(13)15/h4-7,9H,3,8H2,1-2H3. The highest BCUT2D eigenvalue weighted by atomic mass is 32.1. The first kappa shape index (κ1) is 13.8. The van der Waals surface area contributed by atoms with Gasteiger partial charge in [-0.05, 0) is 19.9 Å². The number of hydrogen-bond donors (Lipinski definition) is 0. The number of esters is 1. The van der Waals surface area contributed by atoms with E-state index < -0.39 is 0 Å². The molecule has 0 saturated carbocycles. The second kappa shape index (κ2) is 5.69. The number of thiazole rings is 1. The number of carbonyl (C=O) groups is 1. The lowest BCUT2D eigenvalue weighted by Gasteiger charge is -1.98. The Hall–Kier alpha value is -2.14. The molecule has 0 atom stereocenters. The maximum Gasteiger partial charge on any atom is 0.311 e. The number of furan rings is 1. The highest BCUT2D eigenvalue weighted by Crippen LogP contribution is 2.35. The molecule has 0 N–H and O–H groups in total. The van der Waals surface area contributed by atoms with Crippen LogP contribution in [0.15, 0.2) is 34.1 Å². The highest BCUT2D eigenvalue weighted by molar-refractivity contribution is 7.13. The molecule has 2 heterocycles. The zero-order valence-corrected chi connectivity index (χ0v) is 12.7. The Bertz CT molecular complexity index is 788. The van der Waals surface area contributed by atoms with E-state index in [2.05, 4.69) is 4.98 Å². The maximum absolute atomic E-state index is 11.5. The molecule has 0 spiro atoms. The third-order valence-electron chi connectivity index (χ3n) is 3.17. The van der Waals surface area contributed by atoms with Gasteiger partial charge in [-0.25, -0.2) is 4.98 Å². The minimum atomic E-state index is -0.247. The van der Waals surface area contributed by atoms with E-state index in [1.165, 1.54) is 11.3 Å². The topological polar surface area (TPSA) is 52.3 Å². The van der Waals surface area contributed by atoms with Crippen LogP contribution in [0.5, 0.6) is 0 Å². The van der Waals surface area contributed by atoms with Crippen molar-refractivity contribution in [1.29, 1.82) is 0 Å². The van der Waals surface area contributed by atoms with Crippen LogP contribution in [0.2, 0.25) is 0 Å². The van der Waals surface area contributed by atoms with Gasteiger partial charge in [0.15, 0.2) is 0 Å². The number of aryl methyl sites for hydroxylation is 1. The van der Waals surface area contributed by atoms with Crippen LogP contribution in [0.3, 0.4) is 0 Å². The number of carbonyl (C=O) groups excluding carboxylic acids is 1. The van der Waals surface area contributed by atoms with Crippen molar-refractivity contribution in [2.75, 3.05) is 6.61 Å². The zero-order valence-electron chi connectivity index (χ0n) is 11.9. The molecule has 0 unspecified atom stereocenters. The Labute approximate surface area is 126 Å². The lowest BCUT2D eigenvalue weighted by atomic mass is 10.1. The summed E-state index contributed by atoms with van der Waals surface area (Å²) in [5, 5.41) is 3.82. The summed E-state index contributed by atoms with van der Waals surface area (Å²) in [7, 11) is 0. The van der Waals surface area contributed by atoms with Crippen LogP contribution in [-0.2, 0) is 16.0 Å².